The van der Waals surface area contributed by atoms with E-state index in [1.54, 1.807) is 6.07 Å². The van der Waals surface area contributed by atoms with Crippen LogP contribution in [0.15, 0.2) is 42.5 Å². The van der Waals surface area contributed by atoms with E-state index in [0.717, 1.165) is 75.6 Å². The number of rotatable bonds is 6. The first kappa shape index (κ1) is 23.0. The molecular weight excluding hydrogens is 443 g/mol. The van der Waals surface area contributed by atoms with E-state index in [9.17, 15) is 9.18 Å². The number of hydrogen-bond acceptors (Lipinski definition) is 5. The van der Waals surface area contributed by atoms with Crippen LogP contribution in [0, 0.1) is 19.7 Å². The molecule has 0 radical (unpaired) electrons. The molecule has 0 saturated carbocycles. The Morgan fingerprint density at radius 1 is 1.20 bits per heavy atom. The molecule has 2 aromatic heterocycles. The number of carbonyl (C=O) groups is 1. The first-order valence-electron chi connectivity index (χ1n) is 12.0. The third-order valence-electron chi connectivity index (χ3n) is 6.75. The Morgan fingerprint density at radius 2 is 2.03 bits per heavy atom. The van der Waals surface area contributed by atoms with Crippen LogP contribution < -0.4 is 5.32 Å². The molecule has 0 bridgehead atoms. The lowest BCUT2D eigenvalue weighted by molar-refractivity contribution is -0.146. The Balaban J connectivity index is 1.45. The smallest absolute Gasteiger partial charge is 0.303 e. The molecule has 5 rings (SSSR count). The van der Waals surface area contributed by atoms with Crippen LogP contribution in [0.1, 0.15) is 60.3 Å². The summed E-state index contributed by atoms with van der Waals surface area (Å²) >= 11 is 0. The number of esters is 1. The van der Waals surface area contributed by atoms with Gasteiger partial charge in [-0.1, -0.05) is 19.1 Å². The molecule has 1 atom stereocenters. The third-order valence-corrected chi connectivity index (χ3v) is 6.75. The standard InChI is InChI=1S/C28H29FN4O2/c1-5-22-24(13-19-9-12-27(28(19)32-22)35-18(4)34)30-15-20-7-6-8-25(16(20)2)33-17(3)31-23-11-10-21(29)14-26(23)33/h6-8,10-11,13-14,27,30H,5,9,12,15H2,1-4H3. The molecule has 180 valence electrons. The van der Waals surface area contributed by atoms with Gasteiger partial charge in [0, 0.05) is 19.5 Å². The van der Waals surface area contributed by atoms with E-state index in [4.69, 9.17) is 9.72 Å². The molecule has 2 aromatic carbocycles. The van der Waals surface area contributed by atoms with Crippen LogP contribution in [-0.4, -0.2) is 20.5 Å². The Morgan fingerprint density at radius 3 is 2.80 bits per heavy atom. The van der Waals surface area contributed by atoms with Gasteiger partial charge in [-0.05, 0) is 74.1 Å². The maximum atomic E-state index is 14.0. The van der Waals surface area contributed by atoms with Crippen molar-refractivity contribution < 1.29 is 13.9 Å². The predicted octanol–water partition coefficient (Wildman–Crippen LogP) is 5.90. The van der Waals surface area contributed by atoms with Crippen molar-refractivity contribution in [3.8, 4) is 5.69 Å². The normalized spacial score (nSPS) is 14.8. The zero-order valence-corrected chi connectivity index (χ0v) is 20.5. The second-order valence-electron chi connectivity index (χ2n) is 9.06. The van der Waals surface area contributed by atoms with Gasteiger partial charge in [0.15, 0.2) is 0 Å². The summed E-state index contributed by atoms with van der Waals surface area (Å²) in [5, 5.41) is 3.58. The minimum atomic E-state index is -0.277. The summed E-state index contributed by atoms with van der Waals surface area (Å²) in [4.78, 5) is 20.9. The van der Waals surface area contributed by atoms with Gasteiger partial charge in [0.1, 0.15) is 17.7 Å². The van der Waals surface area contributed by atoms with E-state index < -0.39 is 0 Å². The largest absolute Gasteiger partial charge is 0.456 e. The number of hydrogen-bond donors (Lipinski definition) is 1. The van der Waals surface area contributed by atoms with E-state index in [-0.39, 0.29) is 17.9 Å². The number of pyridine rings is 1. The van der Waals surface area contributed by atoms with Gasteiger partial charge in [0.25, 0.3) is 0 Å². The Hall–Kier alpha value is -3.74. The number of carbonyl (C=O) groups excluding carboxylic acids is 1. The quantitative estimate of drug-likeness (QED) is 0.354. The second kappa shape index (κ2) is 9.13. The summed E-state index contributed by atoms with van der Waals surface area (Å²) in [6.07, 6.45) is 2.14. The number of anilines is 1. The first-order chi connectivity index (χ1) is 16.9. The third kappa shape index (κ3) is 4.27. The molecule has 0 fully saturated rings. The van der Waals surface area contributed by atoms with Crippen LogP contribution in [0.3, 0.4) is 0 Å². The number of fused-ring (bicyclic) bond motifs is 2. The number of aryl methyl sites for hydroxylation is 3. The Labute approximate surface area is 204 Å². The number of nitrogens with one attached hydrogen (secondary N) is 1. The van der Waals surface area contributed by atoms with Crippen molar-refractivity contribution in [2.75, 3.05) is 5.32 Å². The van der Waals surface area contributed by atoms with Crippen molar-refractivity contribution in [2.45, 2.75) is 59.6 Å². The molecule has 0 aliphatic heterocycles. The molecule has 1 aliphatic rings. The summed E-state index contributed by atoms with van der Waals surface area (Å²) < 4.78 is 21.5. The van der Waals surface area contributed by atoms with Crippen molar-refractivity contribution in [1.82, 2.24) is 14.5 Å². The minimum Gasteiger partial charge on any atom is -0.456 e. The maximum absolute atomic E-state index is 14.0. The number of nitrogens with zero attached hydrogens (tertiary/aromatic N) is 3. The first-order valence-corrected chi connectivity index (χ1v) is 12.0. The molecule has 0 amide bonds. The predicted molar refractivity (Wildman–Crippen MR) is 134 cm³/mol. The van der Waals surface area contributed by atoms with Crippen molar-refractivity contribution >= 4 is 22.7 Å². The molecule has 0 saturated heterocycles. The van der Waals surface area contributed by atoms with Gasteiger partial charge in [0.2, 0.25) is 0 Å². The molecule has 0 spiro atoms. The zero-order valence-electron chi connectivity index (χ0n) is 20.5. The molecule has 6 nitrogen and oxygen atoms in total. The summed E-state index contributed by atoms with van der Waals surface area (Å²) in [6.45, 7) is 8.17. The maximum Gasteiger partial charge on any atom is 0.303 e. The van der Waals surface area contributed by atoms with E-state index in [1.807, 2.05) is 23.6 Å². The SMILES string of the molecule is CCc1nc2c(cc1NCc1cccc(-n3c(C)nc4ccc(F)cc43)c1C)CCC2OC(C)=O. The summed E-state index contributed by atoms with van der Waals surface area (Å²) in [5.41, 5.74) is 8.75. The van der Waals surface area contributed by atoms with Gasteiger partial charge >= 0.3 is 5.97 Å². The topological polar surface area (TPSA) is 69.0 Å². The van der Waals surface area contributed by atoms with Gasteiger partial charge in [-0.2, -0.15) is 0 Å². The molecule has 1 N–H and O–H groups in total. The fourth-order valence-corrected chi connectivity index (χ4v) is 5.02. The van der Waals surface area contributed by atoms with Crippen LogP contribution in [0.2, 0.25) is 0 Å². The molecule has 4 aromatic rings. The molecule has 1 aliphatic carbocycles. The average molecular weight is 473 g/mol. The van der Waals surface area contributed by atoms with Gasteiger partial charge in [-0.25, -0.2) is 9.37 Å². The van der Waals surface area contributed by atoms with E-state index in [2.05, 4.69) is 36.3 Å². The van der Waals surface area contributed by atoms with Crippen LogP contribution >= 0.6 is 0 Å². The number of imidazole rings is 1. The van der Waals surface area contributed by atoms with Gasteiger partial charge in [-0.3, -0.25) is 14.3 Å². The van der Waals surface area contributed by atoms with Gasteiger partial charge in [0.05, 0.1) is 33.8 Å². The fraction of sp³-hybridized carbons (Fsp3) is 0.321. The van der Waals surface area contributed by atoms with Crippen LogP contribution in [-0.2, 0) is 28.9 Å². The molecular formula is C28H29FN4O2. The minimum absolute atomic E-state index is 0.251. The Kier molecular flexibility index (Phi) is 6.01. The lowest BCUT2D eigenvalue weighted by Crippen LogP contribution is -2.11. The van der Waals surface area contributed by atoms with Crippen molar-refractivity contribution in [3.63, 3.8) is 0 Å². The lowest BCUT2D eigenvalue weighted by atomic mass is 10.1. The van der Waals surface area contributed by atoms with Crippen LogP contribution in [0.25, 0.3) is 16.7 Å². The zero-order chi connectivity index (χ0) is 24.7. The van der Waals surface area contributed by atoms with Gasteiger partial charge < -0.3 is 10.1 Å². The molecule has 35 heavy (non-hydrogen) atoms. The summed E-state index contributed by atoms with van der Waals surface area (Å²) in [7, 11) is 0. The van der Waals surface area contributed by atoms with E-state index >= 15 is 0 Å². The average Bonchev–Trinajstić information content (AvgIpc) is 3.36. The van der Waals surface area contributed by atoms with Crippen molar-refractivity contribution in [2.24, 2.45) is 0 Å². The highest BCUT2D eigenvalue weighted by Gasteiger charge is 2.28. The second-order valence-corrected chi connectivity index (χ2v) is 9.06. The van der Waals surface area contributed by atoms with Crippen molar-refractivity contribution in [1.29, 1.82) is 0 Å². The van der Waals surface area contributed by atoms with Gasteiger partial charge in [-0.15, -0.1) is 0 Å². The number of aromatic nitrogens is 3. The van der Waals surface area contributed by atoms with E-state index in [0.29, 0.717) is 6.54 Å². The highest BCUT2D eigenvalue weighted by Crippen LogP contribution is 2.35. The highest BCUT2D eigenvalue weighted by molar-refractivity contribution is 5.79. The molecule has 1 unspecified atom stereocenters. The summed E-state index contributed by atoms with van der Waals surface area (Å²) in [6, 6.07) is 13.0. The fourth-order valence-electron chi connectivity index (χ4n) is 5.02. The van der Waals surface area contributed by atoms with E-state index in [1.165, 1.54) is 19.1 Å². The number of ether oxygens (including phenoxy) is 1. The van der Waals surface area contributed by atoms with Crippen LogP contribution in [0.5, 0.6) is 0 Å². The van der Waals surface area contributed by atoms with Crippen molar-refractivity contribution in [3.05, 3.63) is 82.2 Å². The number of halogens is 1. The number of benzene rings is 2. The summed E-state index contributed by atoms with van der Waals surface area (Å²) in [5.74, 6) is 0.266. The molecule has 7 heteroatoms. The highest BCUT2D eigenvalue weighted by atomic mass is 19.1. The molecule has 2 heterocycles. The van der Waals surface area contributed by atoms with Crippen LogP contribution in [0.4, 0.5) is 10.1 Å². The lowest BCUT2D eigenvalue weighted by Gasteiger charge is -2.18. The monoisotopic (exact) mass is 472 g/mol. The Bertz CT molecular complexity index is 1440.